The number of aryl methyl sites for hydroxylation is 1. The number of nitrogens with one attached hydrogen (secondary N) is 1. The highest BCUT2D eigenvalue weighted by molar-refractivity contribution is 5.40. The van der Waals surface area contributed by atoms with Crippen molar-refractivity contribution in [2.24, 2.45) is 0 Å². The Hall–Kier alpha value is -1.53. The molecule has 0 spiro atoms. The van der Waals surface area contributed by atoms with Crippen molar-refractivity contribution in [1.82, 2.24) is 9.97 Å². The molecule has 0 fully saturated rings. The molecule has 0 aromatic carbocycles. The molecule has 1 aromatic rings. The van der Waals surface area contributed by atoms with Crippen molar-refractivity contribution in [2.45, 2.75) is 13.1 Å². The number of anilines is 2. The van der Waals surface area contributed by atoms with Crippen LogP contribution < -0.4 is 11.1 Å². The molecule has 0 amide bonds. The van der Waals surface area contributed by atoms with E-state index >= 15 is 0 Å². The number of alkyl halides is 3. The standard InChI is InChI=1S/C7H9F3N4/c1-4-2-5(14-6(11)13-4)12-3-7(8,9)10/h2H,3H2,1H3,(H3,11,12,13,14). The van der Waals surface area contributed by atoms with Crippen LogP contribution >= 0.6 is 0 Å². The molecular weight excluding hydrogens is 197 g/mol. The molecule has 0 atom stereocenters. The van der Waals surface area contributed by atoms with Crippen molar-refractivity contribution >= 4 is 11.8 Å². The molecule has 0 bridgehead atoms. The Kier molecular flexibility index (Phi) is 2.78. The molecule has 0 aliphatic heterocycles. The van der Waals surface area contributed by atoms with Crippen LogP contribution in [0.15, 0.2) is 6.07 Å². The van der Waals surface area contributed by atoms with Gasteiger partial charge in [0.15, 0.2) is 0 Å². The van der Waals surface area contributed by atoms with Crippen LogP contribution in [0.2, 0.25) is 0 Å². The fourth-order valence-electron chi connectivity index (χ4n) is 0.873. The molecule has 0 unspecified atom stereocenters. The Labute approximate surface area is 78.4 Å². The van der Waals surface area contributed by atoms with Crippen LogP contribution in [0.1, 0.15) is 5.69 Å². The molecule has 0 saturated carbocycles. The molecule has 78 valence electrons. The van der Waals surface area contributed by atoms with E-state index in [-0.39, 0.29) is 11.8 Å². The van der Waals surface area contributed by atoms with Gasteiger partial charge in [0, 0.05) is 11.8 Å². The second-order valence-corrected chi connectivity index (χ2v) is 2.72. The molecule has 14 heavy (non-hydrogen) atoms. The third kappa shape index (κ3) is 3.46. The summed E-state index contributed by atoms with van der Waals surface area (Å²) in [5.41, 5.74) is 5.77. The predicted octanol–water partition coefficient (Wildman–Crippen LogP) is 1.34. The van der Waals surface area contributed by atoms with Gasteiger partial charge >= 0.3 is 6.18 Å². The minimum Gasteiger partial charge on any atom is -0.368 e. The smallest absolute Gasteiger partial charge is 0.368 e. The number of nitrogens with zero attached hydrogens (tertiary/aromatic N) is 2. The lowest BCUT2D eigenvalue weighted by Crippen LogP contribution is -2.22. The van der Waals surface area contributed by atoms with Crippen LogP contribution in [0.3, 0.4) is 0 Å². The maximum atomic E-state index is 11.8. The minimum absolute atomic E-state index is 0.0466. The monoisotopic (exact) mass is 206 g/mol. The van der Waals surface area contributed by atoms with E-state index in [4.69, 9.17) is 5.73 Å². The van der Waals surface area contributed by atoms with Crippen molar-refractivity contribution in [1.29, 1.82) is 0 Å². The van der Waals surface area contributed by atoms with Gasteiger partial charge in [0.1, 0.15) is 12.4 Å². The van der Waals surface area contributed by atoms with E-state index in [1.54, 1.807) is 6.92 Å². The summed E-state index contributed by atoms with van der Waals surface area (Å²) in [6, 6.07) is 1.39. The fourth-order valence-corrected chi connectivity index (χ4v) is 0.873. The Morgan fingerprint density at radius 2 is 2.07 bits per heavy atom. The van der Waals surface area contributed by atoms with Crippen LogP contribution in [0.25, 0.3) is 0 Å². The predicted molar refractivity (Wildman–Crippen MR) is 45.7 cm³/mol. The third-order valence-electron chi connectivity index (χ3n) is 1.34. The van der Waals surface area contributed by atoms with E-state index < -0.39 is 12.7 Å². The average Bonchev–Trinajstić information content (AvgIpc) is 1.97. The van der Waals surface area contributed by atoms with Gasteiger partial charge in [-0.1, -0.05) is 0 Å². The van der Waals surface area contributed by atoms with Gasteiger partial charge in [-0.2, -0.15) is 18.2 Å². The van der Waals surface area contributed by atoms with Crippen LogP contribution in [-0.2, 0) is 0 Å². The Morgan fingerprint density at radius 1 is 1.43 bits per heavy atom. The molecular formula is C7H9F3N4. The second-order valence-electron chi connectivity index (χ2n) is 2.72. The SMILES string of the molecule is Cc1cc(NCC(F)(F)F)nc(N)n1. The molecule has 0 radical (unpaired) electrons. The second kappa shape index (κ2) is 3.69. The van der Waals surface area contributed by atoms with Crippen LogP contribution in [0.4, 0.5) is 24.9 Å². The first kappa shape index (κ1) is 10.6. The van der Waals surface area contributed by atoms with E-state index in [1.165, 1.54) is 6.07 Å². The number of nitrogens with two attached hydrogens (primary N) is 1. The van der Waals surface area contributed by atoms with E-state index in [1.807, 2.05) is 0 Å². The summed E-state index contributed by atoms with van der Waals surface area (Å²) < 4.78 is 35.4. The lowest BCUT2D eigenvalue weighted by Gasteiger charge is -2.09. The molecule has 1 heterocycles. The van der Waals surface area contributed by atoms with Crippen LogP contribution in [0.5, 0.6) is 0 Å². The van der Waals surface area contributed by atoms with Crippen molar-refractivity contribution in [3.63, 3.8) is 0 Å². The normalized spacial score (nSPS) is 11.4. The summed E-state index contributed by atoms with van der Waals surface area (Å²) in [5.74, 6) is 0.0296. The van der Waals surface area contributed by atoms with Gasteiger partial charge in [0.05, 0.1) is 0 Å². The Morgan fingerprint density at radius 3 is 2.57 bits per heavy atom. The summed E-state index contributed by atoms with van der Waals surface area (Å²) in [7, 11) is 0. The van der Waals surface area contributed by atoms with Gasteiger partial charge in [0.2, 0.25) is 5.95 Å². The molecule has 0 aliphatic carbocycles. The maximum Gasteiger partial charge on any atom is 0.405 e. The highest BCUT2D eigenvalue weighted by Gasteiger charge is 2.26. The zero-order chi connectivity index (χ0) is 10.8. The quantitative estimate of drug-likeness (QED) is 0.766. The molecule has 0 aliphatic rings. The number of hydrogen-bond donors (Lipinski definition) is 2. The van der Waals surface area contributed by atoms with Gasteiger partial charge in [0.25, 0.3) is 0 Å². The first-order valence-corrected chi connectivity index (χ1v) is 3.78. The number of rotatable bonds is 2. The molecule has 4 nitrogen and oxygen atoms in total. The summed E-state index contributed by atoms with van der Waals surface area (Å²) in [4.78, 5) is 7.32. The minimum atomic E-state index is -4.27. The van der Waals surface area contributed by atoms with E-state index in [0.717, 1.165) is 0 Å². The topological polar surface area (TPSA) is 63.8 Å². The summed E-state index contributed by atoms with van der Waals surface area (Å²) in [5, 5.41) is 2.11. The Balaban J connectivity index is 2.68. The van der Waals surface area contributed by atoms with Gasteiger partial charge < -0.3 is 11.1 Å². The number of nitrogen functional groups attached to an aromatic ring is 1. The number of aromatic nitrogens is 2. The summed E-state index contributed by atoms with van der Waals surface area (Å²) in [6.45, 7) is 0.486. The summed E-state index contributed by atoms with van der Waals surface area (Å²) >= 11 is 0. The average molecular weight is 206 g/mol. The molecule has 0 saturated heterocycles. The zero-order valence-electron chi connectivity index (χ0n) is 7.39. The molecule has 1 aromatic heterocycles. The highest BCUT2D eigenvalue weighted by atomic mass is 19.4. The third-order valence-corrected chi connectivity index (χ3v) is 1.34. The Bertz CT molecular complexity index is 303. The van der Waals surface area contributed by atoms with Gasteiger partial charge in [-0.3, -0.25) is 0 Å². The number of halogens is 3. The van der Waals surface area contributed by atoms with Crippen molar-refractivity contribution in [3.8, 4) is 0 Å². The molecule has 1 rings (SSSR count). The fraction of sp³-hybridized carbons (Fsp3) is 0.429. The summed E-state index contributed by atoms with van der Waals surface area (Å²) in [6.07, 6.45) is -4.27. The van der Waals surface area contributed by atoms with Crippen molar-refractivity contribution in [2.75, 3.05) is 17.6 Å². The van der Waals surface area contributed by atoms with Crippen molar-refractivity contribution in [3.05, 3.63) is 11.8 Å². The first-order valence-electron chi connectivity index (χ1n) is 3.78. The van der Waals surface area contributed by atoms with Gasteiger partial charge in [-0.25, -0.2) is 4.98 Å². The lowest BCUT2D eigenvalue weighted by atomic mass is 10.4. The lowest BCUT2D eigenvalue weighted by molar-refractivity contribution is -0.115. The van der Waals surface area contributed by atoms with Gasteiger partial charge in [-0.05, 0) is 6.92 Å². The van der Waals surface area contributed by atoms with Crippen LogP contribution in [0, 0.1) is 6.92 Å². The molecule has 3 N–H and O–H groups in total. The van der Waals surface area contributed by atoms with Crippen LogP contribution in [-0.4, -0.2) is 22.7 Å². The van der Waals surface area contributed by atoms with Gasteiger partial charge in [-0.15, -0.1) is 0 Å². The van der Waals surface area contributed by atoms with Crippen molar-refractivity contribution < 1.29 is 13.2 Å². The highest BCUT2D eigenvalue weighted by Crippen LogP contribution is 2.15. The largest absolute Gasteiger partial charge is 0.405 e. The number of hydrogen-bond acceptors (Lipinski definition) is 4. The first-order chi connectivity index (χ1) is 6.37. The molecule has 7 heteroatoms. The van der Waals surface area contributed by atoms with E-state index in [0.29, 0.717) is 5.69 Å². The van der Waals surface area contributed by atoms with E-state index in [2.05, 4.69) is 15.3 Å². The van der Waals surface area contributed by atoms with E-state index in [9.17, 15) is 13.2 Å². The zero-order valence-corrected chi connectivity index (χ0v) is 7.39. The maximum absolute atomic E-state index is 11.8.